The normalized spacial score (nSPS) is 18.4. The fraction of sp³-hybridized carbons (Fsp3) is 0.231. The van der Waals surface area contributed by atoms with E-state index in [1.54, 1.807) is 11.3 Å². The predicted octanol–water partition coefficient (Wildman–Crippen LogP) is 3.60. The Morgan fingerprint density at radius 3 is 3.00 bits per heavy atom. The zero-order chi connectivity index (χ0) is 11.0. The van der Waals surface area contributed by atoms with Gasteiger partial charge in [0.2, 0.25) is 0 Å². The van der Waals surface area contributed by atoms with Crippen LogP contribution in [0.4, 0.5) is 5.69 Å². The summed E-state index contributed by atoms with van der Waals surface area (Å²) < 4.78 is 5.76. The molecule has 3 rings (SSSR count). The second-order valence-corrected chi connectivity index (χ2v) is 4.92. The number of nitrogens with one attached hydrogen (secondary N) is 1. The number of hydrogen-bond donors (Lipinski definition) is 1. The van der Waals surface area contributed by atoms with Gasteiger partial charge >= 0.3 is 0 Å². The van der Waals surface area contributed by atoms with Crippen LogP contribution in [0.5, 0.6) is 5.75 Å². The molecule has 0 radical (unpaired) electrons. The average molecular weight is 231 g/mol. The van der Waals surface area contributed by atoms with Crippen molar-refractivity contribution >= 4 is 17.0 Å². The van der Waals surface area contributed by atoms with Gasteiger partial charge in [0.1, 0.15) is 12.4 Å². The van der Waals surface area contributed by atoms with E-state index in [1.807, 2.05) is 18.2 Å². The van der Waals surface area contributed by atoms with Gasteiger partial charge in [-0.2, -0.15) is 0 Å². The Balaban J connectivity index is 1.91. The molecular formula is C13H13NOS. The zero-order valence-electron chi connectivity index (χ0n) is 9.07. The van der Waals surface area contributed by atoms with Gasteiger partial charge in [-0.25, -0.2) is 0 Å². The monoisotopic (exact) mass is 231 g/mol. The molecule has 0 bridgehead atoms. The minimum Gasteiger partial charge on any atom is -0.489 e. The molecule has 1 aliphatic rings. The number of ether oxygens (including phenoxy) is 1. The van der Waals surface area contributed by atoms with Crippen LogP contribution in [0.1, 0.15) is 16.5 Å². The Labute approximate surface area is 98.9 Å². The van der Waals surface area contributed by atoms with E-state index in [-0.39, 0.29) is 6.04 Å². The number of para-hydroxylation sites is 2. The molecule has 0 spiro atoms. The van der Waals surface area contributed by atoms with Crippen molar-refractivity contribution in [1.82, 2.24) is 0 Å². The largest absolute Gasteiger partial charge is 0.489 e. The minimum atomic E-state index is 0.287. The highest BCUT2D eigenvalue weighted by molar-refractivity contribution is 7.10. The van der Waals surface area contributed by atoms with Gasteiger partial charge in [-0.3, -0.25) is 0 Å². The Morgan fingerprint density at radius 2 is 2.19 bits per heavy atom. The highest BCUT2D eigenvalue weighted by Crippen LogP contribution is 2.35. The van der Waals surface area contributed by atoms with Crippen LogP contribution in [0.2, 0.25) is 0 Å². The van der Waals surface area contributed by atoms with Gasteiger partial charge in [0, 0.05) is 4.88 Å². The first-order valence-electron chi connectivity index (χ1n) is 5.37. The fourth-order valence-electron chi connectivity index (χ4n) is 2.00. The first-order valence-corrected chi connectivity index (χ1v) is 6.25. The van der Waals surface area contributed by atoms with E-state index in [0.29, 0.717) is 6.61 Å². The van der Waals surface area contributed by atoms with Crippen molar-refractivity contribution in [3.63, 3.8) is 0 Å². The molecule has 1 N–H and O–H groups in total. The second-order valence-electron chi connectivity index (χ2n) is 3.97. The molecule has 3 heteroatoms. The van der Waals surface area contributed by atoms with Gasteiger partial charge in [-0.15, -0.1) is 11.3 Å². The first-order chi connectivity index (χ1) is 7.84. The molecule has 16 heavy (non-hydrogen) atoms. The lowest BCUT2D eigenvalue weighted by Crippen LogP contribution is -2.23. The summed E-state index contributed by atoms with van der Waals surface area (Å²) in [5, 5.41) is 5.66. The van der Waals surface area contributed by atoms with Crippen molar-refractivity contribution in [3.8, 4) is 5.75 Å². The quantitative estimate of drug-likeness (QED) is 0.809. The summed E-state index contributed by atoms with van der Waals surface area (Å²) in [7, 11) is 0. The molecular weight excluding hydrogens is 218 g/mol. The highest BCUT2D eigenvalue weighted by atomic mass is 32.1. The molecule has 1 unspecified atom stereocenters. The lowest BCUT2D eigenvalue weighted by atomic mass is 10.1. The Bertz CT molecular complexity index is 506. The van der Waals surface area contributed by atoms with Crippen molar-refractivity contribution in [3.05, 3.63) is 46.2 Å². The Kier molecular flexibility index (Phi) is 2.33. The van der Waals surface area contributed by atoms with Crippen LogP contribution in [-0.4, -0.2) is 6.61 Å². The molecule has 2 heterocycles. The predicted molar refractivity (Wildman–Crippen MR) is 67.4 cm³/mol. The van der Waals surface area contributed by atoms with Gasteiger partial charge in [-0.1, -0.05) is 12.1 Å². The third-order valence-corrected chi connectivity index (χ3v) is 3.97. The third-order valence-electron chi connectivity index (χ3n) is 2.84. The van der Waals surface area contributed by atoms with Crippen molar-refractivity contribution in [1.29, 1.82) is 0 Å². The SMILES string of the molecule is Cc1ccsc1C1COc2ccccc2N1. The summed E-state index contributed by atoms with van der Waals surface area (Å²) in [5.41, 5.74) is 2.43. The van der Waals surface area contributed by atoms with Crippen LogP contribution in [0, 0.1) is 6.92 Å². The van der Waals surface area contributed by atoms with E-state index >= 15 is 0 Å². The van der Waals surface area contributed by atoms with Crippen molar-refractivity contribution in [2.24, 2.45) is 0 Å². The maximum absolute atomic E-state index is 5.76. The number of rotatable bonds is 1. The number of aryl methyl sites for hydroxylation is 1. The lowest BCUT2D eigenvalue weighted by molar-refractivity contribution is 0.288. The molecule has 0 saturated heterocycles. The van der Waals surface area contributed by atoms with Crippen LogP contribution >= 0.6 is 11.3 Å². The molecule has 82 valence electrons. The van der Waals surface area contributed by atoms with Crippen LogP contribution in [-0.2, 0) is 0 Å². The maximum Gasteiger partial charge on any atom is 0.142 e. The van der Waals surface area contributed by atoms with Gasteiger partial charge in [0.25, 0.3) is 0 Å². The Hall–Kier alpha value is -1.48. The van der Waals surface area contributed by atoms with Gasteiger partial charge in [-0.05, 0) is 36.1 Å². The van der Waals surface area contributed by atoms with Crippen LogP contribution in [0.3, 0.4) is 0 Å². The molecule has 2 aromatic rings. The molecule has 1 aromatic carbocycles. The van der Waals surface area contributed by atoms with E-state index in [9.17, 15) is 0 Å². The molecule has 1 aliphatic heterocycles. The fourth-order valence-corrected chi connectivity index (χ4v) is 2.96. The maximum atomic E-state index is 5.76. The van der Waals surface area contributed by atoms with E-state index in [2.05, 4.69) is 29.8 Å². The summed E-state index contributed by atoms with van der Waals surface area (Å²) >= 11 is 1.79. The van der Waals surface area contributed by atoms with Crippen LogP contribution in [0.25, 0.3) is 0 Å². The minimum absolute atomic E-state index is 0.287. The number of anilines is 1. The second kappa shape index (κ2) is 3.83. The average Bonchev–Trinajstić information content (AvgIpc) is 2.75. The van der Waals surface area contributed by atoms with E-state index in [4.69, 9.17) is 4.74 Å². The number of fused-ring (bicyclic) bond motifs is 1. The standard InChI is InChI=1S/C13H13NOS/c1-9-6-7-16-13(9)11-8-15-12-5-3-2-4-10(12)14-11/h2-7,11,14H,8H2,1H3. The van der Waals surface area contributed by atoms with Gasteiger partial charge < -0.3 is 10.1 Å². The summed E-state index contributed by atoms with van der Waals surface area (Å²) in [6.07, 6.45) is 0. The van der Waals surface area contributed by atoms with Crippen molar-refractivity contribution < 1.29 is 4.74 Å². The zero-order valence-corrected chi connectivity index (χ0v) is 9.88. The van der Waals surface area contributed by atoms with E-state index in [0.717, 1.165) is 11.4 Å². The molecule has 1 aromatic heterocycles. The molecule has 0 saturated carbocycles. The number of thiophene rings is 1. The van der Waals surface area contributed by atoms with Crippen LogP contribution in [0.15, 0.2) is 35.7 Å². The topological polar surface area (TPSA) is 21.3 Å². The molecule has 0 fully saturated rings. The summed E-state index contributed by atoms with van der Waals surface area (Å²) in [6, 6.07) is 10.5. The third kappa shape index (κ3) is 1.57. The van der Waals surface area contributed by atoms with E-state index in [1.165, 1.54) is 10.4 Å². The Morgan fingerprint density at radius 1 is 1.31 bits per heavy atom. The van der Waals surface area contributed by atoms with Crippen molar-refractivity contribution in [2.75, 3.05) is 11.9 Å². The molecule has 1 atom stereocenters. The number of hydrogen-bond acceptors (Lipinski definition) is 3. The van der Waals surface area contributed by atoms with Crippen molar-refractivity contribution in [2.45, 2.75) is 13.0 Å². The smallest absolute Gasteiger partial charge is 0.142 e. The van der Waals surface area contributed by atoms with Gasteiger partial charge in [0.15, 0.2) is 0 Å². The summed E-state index contributed by atoms with van der Waals surface area (Å²) in [6.45, 7) is 2.85. The highest BCUT2D eigenvalue weighted by Gasteiger charge is 2.21. The van der Waals surface area contributed by atoms with Crippen LogP contribution < -0.4 is 10.1 Å². The van der Waals surface area contributed by atoms with E-state index < -0.39 is 0 Å². The molecule has 2 nitrogen and oxygen atoms in total. The first kappa shape index (κ1) is 9.73. The lowest BCUT2D eigenvalue weighted by Gasteiger charge is -2.27. The summed E-state index contributed by atoms with van der Waals surface area (Å²) in [5.74, 6) is 0.952. The van der Waals surface area contributed by atoms with Gasteiger partial charge in [0.05, 0.1) is 11.7 Å². The molecule has 0 aliphatic carbocycles. The summed E-state index contributed by atoms with van der Waals surface area (Å²) in [4.78, 5) is 1.37. The molecule has 0 amide bonds. The number of benzene rings is 1.